The number of amides is 3. The van der Waals surface area contributed by atoms with Gasteiger partial charge in [-0.05, 0) is 68.1 Å². The molecule has 1 atom stereocenters. The van der Waals surface area contributed by atoms with Crippen LogP contribution in [0.25, 0.3) is 0 Å². The van der Waals surface area contributed by atoms with Gasteiger partial charge in [0.2, 0.25) is 0 Å². The number of piperidine rings is 1. The van der Waals surface area contributed by atoms with E-state index in [9.17, 15) is 14.4 Å². The molecule has 0 aromatic heterocycles. The van der Waals surface area contributed by atoms with Gasteiger partial charge in [0, 0.05) is 30.4 Å². The molecule has 7 heteroatoms. The summed E-state index contributed by atoms with van der Waals surface area (Å²) in [5.41, 5.74) is 2.20. The van der Waals surface area contributed by atoms with E-state index in [1.54, 1.807) is 36.4 Å². The Labute approximate surface area is 169 Å². The number of carbonyl (C=O) groups excluding carboxylic acids is 2. The SMILES string of the molecule is CC1CCCCN1C(=O)c1ccc(NC(=O)NCc2ccc(C(=O)O)cc2)cc1. The molecule has 3 N–H and O–H groups in total. The minimum Gasteiger partial charge on any atom is -0.478 e. The summed E-state index contributed by atoms with van der Waals surface area (Å²) in [6.07, 6.45) is 3.23. The second-order valence-electron chi connectivity index (χ2n) is 7.23. The largest absolute Gasteiger partial charge is 0.478 e. The number of nitrogens with zero attached hydrogens (tertiary/aromatic N) is 1. The smallest absolute Gasteiger partial charge is 0.335 e. The summed E-state index contributed by atoms with van der Waals surface area (Å²) in [6, 6.07) is 13.1. The van der Waals surface area contributed by atoms with Gasteiger partial charge in [-0.2, -0.15) is 0 Å². The Morgan fingerprint density at radius 3 is 2.28 bits per heavy atom. The summed E-state index contributed by atoms with van der Waals surface area (Å²) in [7, 11) is 0. The number of carbonyl (C=O) groups is 3. The molecule has 0 radical (unpaired) electrons. The van der Waals surface area contributed by atoms with Crippen LogP contribution < -0.4 is 10.6 Å². The van der Waals surface area contributed by atoms with E-state index in [1.807, 2.05) is 4.90 Å². The van der Waals surface area contributed by atoms with E-state index in [0.717, 1.165) is 31.4 Å². The summed E-state index contributed by atoms with van der Waals surface area (Å²) < 4.78 is 0. The van der Waals surface area contributed by atoms with Crippen molar-refractivity contribution < 1.29 is 19.5 Å². The third-order valence-corrected chi connectivity index (χ3v) is 5.11. The second kappa shape index (κ2) is 9.23. The number of rotatable bonds is 5. The van der Waals surface area contributed by atoms with E-state index < -0.39 is 5.97 Å². The molecule has 1 heterocycles. The van der Waals surface area contributed by atoms with Crippen molar-refractivity contribution in [3.05, 3.63) is 65.2 Å². The van der Waals surface area contributed by atoms with Crippen molar-refractivity contribution >= 4 is 23.6 Å². The lowest BCUT2D eigenvalue weighted by Crippen LogP contribution is -2.42. The molecule has 7 nitrogen and oxygen atoms in total. The number of carboxylic acids is 1. The Kier molecular flexibility index (Phi) is 6.49. The lowest BCUT2D eigenvalue weighted by Gasteiger charge is -2.33. The van der Waals surface area contributed by atoms with Crippen molar-refractivity contribution in [3.8, 4) is 0 Å². The fourth-order valence-electron chi connectivity index (χ4n) is 3.38. The van der Waals surface area contributed by atoms with Crippen molar-refractivity contribution in [2.45, 2.75) is 38.8 Å². The fraction of sp³-hybridized carbons (Fsp3) is 0.318. The quantitative estimate of drug-likeness (QED) is 0.718. The molecule has 1 aliphatic rings. The first-order chi connectivity index (χ1) is 13.9. The molecule has 0 saturated carbocycles. The zero-order chi connectivity index (χ0) is 20.8. The Balaban J connectivity index is 1.51. The van der Waals surface area contributed by atoms with E-state index in [-0.39, 0.29) is 30.1 Å². The maximum Gasteiger partial charge on any atom is 0.335 e. The highest BCUT2D eigenvalue weighted by Crippen LogP contribution is 2.20. The molecular formula is C22H25N3O4. The first-order valence-electron chi connectivity index (χ1n) is 9.72. The standard InChI is InChI=1S/C22H25N3O4/c1-15-4-2-3-13-25(15)20(26)17-9-11-19(12-10-17)24-22(29)23-14-16-5-7-18(8-6-16)21(27)28/h5-12,15H,2-4,13-14H2,1H3,(H,27,28)(H2,23,24,29). The highest BCUT2D eigenvalue weighted by molar-refractivity contribution is 5.95. The first kappa shape index (κ1) is 20.4. The summed E-state index contributed by atoms with van der Waals surface area (Å²) in [6.45, 7) is 3.14. The van der Waals surface area contributed by atoms with Crippen LogP contribution in [-0.4, -0.2) is 40.5 Å². The van der Waals surface area contributed by atoms with E-state index in [4.69, 9.17) is 5.11 Å². The average molecular weight is 395 g/mol. The van der Waals surface area contributed by atoms with Crippen molar-refractivity contribution in [1.29, 1.82) is 0 Å². The number of carboxylic acid groups (broad SMARTS) is 1. The van der Waals surface area contributed by atoms with Gasteiger partial charge < -0.3 is 20.6 Å². The van der Waals surface area contributed by atoms with Crippen LogP contribution in [0, 0.1) is 0 Å². The molecular weight excluding hydrogens is 370 g/mol. The van der Waals surface area contributed by atoms with E-state index in [1.165, 1.54) is 12.1 Å². The van der Waals surface area contributed by atoms with Crippen LogP contribution in [0.4, 0.5) is 10.5 Å². The van der Waals surface area contributed by atoms with E-state index in [0.29, 0.717) is 11.3 Å². The van der Waals surface area contributed by atoms with Crippen molar-refractivity contribution in [3.63, 3.8) is 0 Å². The molecule has 29 heavy (non-hydrogen) atoms. The monoisotopic (exact) mass is 395 g/mol. The maximum atomic E-state index is 12.7. The van der Waals surface area contributed by atoms with E-state index >= 15 is 0 Å². The zero-order valence-electron chi connectivity index (χ0n) is 16.4. The van der Waals surface area contributed by atoms with Crippen LogP contribution in [-0.2, 0) is 6.54 Å². The maximum absolute atomic E-state index is 12.7. The third-order valence-electron chi connectivity index (χ3n) is 5.11. The molecule has 1 aliphatic heterocycles. The fourth-order valence-corrected chi connectivity index (χ4v) is 3.38. The van der Waals surface area contributed by atoms with Crippen LogP contribution in [0.15, 0.2) is 48.5 Å². The van der Waals surface area contributed by atoms with Crippen LogP contribution >= 0.6 is 0 Å². The summed E-state index contributed by atoms with van der Waals surface area (Å²) in [5, 5.41) is 14.3. The molecule has 1 saturated heterocycles. The number of hydrogen-bond acceptors (Lipinski definition) is 3. The highest BCUT2D eigenvalue weighted by atomic mass is 16.4. The summed E-state index contributed by atoms with van der Waals surface area (Å²) in [4.78, 5) is 37.5. The molecule has 3 rings (SSSR count). The third kappa shape index (κ3) is 5.34. The Bertz CT molecular complexity index is 878. The van der Waals surface area contributed by atoms with Gasteiger partial charge in [0.05, 0.1) is 5.56 Å². The molecule has 0 bridgehead atoms. The molecule has 1 unspecified atom stereocenters. The molecule has 3 amide bonds. The van der Waals surface area contributed by atoms with Crippen LogP contribution in [0.1, 0.15) is 52.5 Å². The number of urea groups is 1. The van der Waals surface area contributed by atoms with Gasteiger partial charge in [-0.25, -0.2) is 9.59 Å². The van der Waals surface area contributed by atoms with Gasteiger partial charge in [-0.3, -0.25) is 4.79 Å². The van der Waals surface area contributed by atoms with Crippen molar-refractivity contribution in [2.24, 2.45) is 0 Å². The number of likely N-dealkylation sites (tertiary alicyclic amines) is 1. The van der Waals surface area contributed by atoms with Crippen LogP contribution in [0.2, 0.25) is 0 Å². The lowest BCUT2D eigenvalue weighted by atomic mass is 10.0. The Morgan fingerprint density at radius 1 is 1.00 bits per heavy atom. The number of anilines is 1. The van der Waals surface area contributed by atoms with E-state index in [2.05, 4.69) is 17.6 Å². The Hall–Kier alpha value is -3.35. The van der Waals surface area contributed by atoms with Crippen LogP contribution in [0.5, 0.6) is 0 Å². The summed E-state index contributed by atoms with van der Waals surface area (Å²) >= 11 is 0. The molecule has 2 aromatic rings. The number of aromatic carboxylic acids is 1. The minimum absolute atomic E-state index is 0.0259. The number of nitrogens with one attached hydrogen (secondary N) is 2. The number of hydrogen-bond donors (Lipinski definition) is 3. The van der Waals surface area contributed by atoms with Gasteiger partial charge in [0.25, 0.3) is 5.91 Å². The zero-order valence-corrected chi connectivity index (χ0v) is 16.4. The Morgan fingerprint density at radius 2 is 1.66 bits per heavy atom. The first-order valence-corrected chi connectivity index (χ1v) is 9.72. The topological polar surface area (TPSA) is 98.7 Å². The van der Waals surface area contributed by atoms with Gasteiger partial charge in [-0.15, -0.1) is 0 Å². The lowest BCUT2D eigenvalue weighted by molar-refractivity contribution is 0.0634. The highest BCUT2D eigenvalue weighted by Gasteiger charge is 2.24. The van der Waals surface area contributed by atoms with Crippen molar-refractivity contribution in [2.75, 3.05) is 11.9 Å². The number of benzene rings is 2. The normalized spacial score (nSPS) is 16.2. The van der Waals surface area contributed by atoms with Crippen LogP contribution in [0.3, 0.4) is 0 Å². The molecule has 2 aromatic carbocycles. The predicted molar refractivity (Wildman–Crippen MR) is 110 cm³/mol. The predicted octanol–water partition coefficient (Wildman–Crippen LogP) is 3.72. The van der Waals surface area contributed by atoms with Gasteiger partial charge >= 0.3 is 12.0 Å². The second-order valence-corrected chi connectivity index (χ2v) is 7.23. The summed E-state index contributed by atoms with van der Waals surface area (Å²) in [5.74, 6) is -0.961. The molecule has 152 valence electrons. The minimum atomic E-state index is -0.987. The van der Waals surface area contributed by atoms with Gasteiger partial charge in [-0.1, -0.05) is 12.1 Å². The molecule has 0 spiro atoms. The molecule has 1 fully saturated rings. The molecule has 0 aliphatic carbocycles. The van der Waals surface area contributed by atoms with Crippen molar-refractivity contribution in [1.82, 2.24) is 10.2 Å². The van der Waals surface area contributed by atoms with Gasteiger partial charge in [0.1, 0.15) is 0 Å². The van der Waals surface area contributed by atoms with Gasteiger partial charge in [0.15, 0.2) is 0 Å². The average Bonchev–Trinajstić information content (AvgIpc) is 2.73.